The molecule has 5 amide bonds. The van der Waals surface area contributed by atoms with Crippen LogP contribution in [-0.4, -0.2) is 99.5 Å². The maximum atomic E-state index is 14.2. The predicted octanol–water partition coefficient (Wildman–Crippen LogP) is 0.809. The molecule has 5 rings (SSSR count). The van der Waals surface area contributed by atoms with Crippen molar-refractivity contribution in [1.82, 2.24) is 26.3 Å². The van der Waals surface area contributed by atoms with Gasteiger partial charge in [0.1, 0.15) is 50.7 Å². The molecule has 2 unspecified atom stereocenters. The number of carbonyl (C=O) groups excluding carboxylic acids is 5. The molecule has 57 heavy (non-hydrogen) atoms. The monoisotopic (exact) mass is 777 g/mol. The van der Waals surface area contributed by atoms with E-state index in [2.05, 4.69) is 35.9 Å². The number of hydroxylamine groups is 1. The molecule has 1 aliphatic rings. The van der Waals surface area contributed by atoms with E-state index in [1.165, 1.54) is 24.4 Å². The van der Waals surface area contributed by atoms with Crippen LogP contribution in [0.15, 0.2) is 84.9 Å². The van der Waals surface area contributed by atoms with Crippen molar-refractivity contribution in [2.75, 3.05) is 39.9 Å². The SMILES string of the molecule is BCc1ccc(-c2ccc(C(=O)NCC(=O)N(C)C3C(=O)N[C@@H](C)C(=O)NC(C(=O)NO)Cc4ccc(OCCN)c(c4)-c4cc3ccc4OCCN)cc2)cc1. The van der Waals surface area contributed by atoms with Crippen molar-refractivity contribution >= 4 is 37.4 Å². The Morgan fingerprint density at radius 2 is 1.44 bits per heavy atom. The number of nitrogens with zero attached hydrogens (tertiary/aromatic N) is 1. The fourth-order valence-electron chi connectivity index (χ4n) is 6.43. The third-order valence-electron chi connectivity index (χ3n) is 9.61. The highest BCUT2D eigenvalue weighted by atomic mass is 16.5. The summed E-state index contributed by atoms with van der Waals surface area (Å²) < 4.78 is 12.0. The Bertz CT molecular complexity index is 2080. The first-order valence-electron chi connectivity index (χ1n) is 18.7. The number of hydrogen-bond acceptors (Lipinski definition) is 10. The lowest BCUT2D eigenvalue weighted by Crippen LogP contribution is -2.55. The van der Waals surface area contributed by atoms with Gasteiger partial charge in [0, 0.05) is 43.2 Å². The minimum absolute atomic E-state index is 0.0375. The number of hydrogen-bond donors (Lipinski definition) is 7. The molecule has 16 heteroatoms. The van der Waals surface area contributed by atoms with E-state index in [1.54, 1.807) is 54.0 Å². The van der Waals surface area contributed by atoms with E-state index in [0.717, 1.165) is 17.4 Å². The maximum Gasteiger partial charge on any atom is 0.266 e. The van der Waals surface area contributed by atoms with E-state index in [9.17, 15) is 29.2 Å². The Kier molecular flexibility index (Phi) is 14.4. The number of fused-ring (bicyclic) bond motifs is 5. The average Bonchev–Trinajstić information content (AvgIpc) is 3.23. The summed E-state index contributed by atoms with van der Waals surface area (Å²) in [6, 6.07) is 21.5. The summed E-state index contributed by atoms with van der Waals surface area (Å²) in [5, 5.41) is 17.4. The van der Waals surface area contributed by atoms with Crippen molar-refractivity contribution in [1.29, 1.82) is 0 Å². The zero-order valence-electron chi connectivity index (χ0n) is 32.2. The van der Waals surface area contributed by atoms with E-state index in [0.29, 0.717) is 39.3 Å². The minimum Gasteiger partial charge on any atom is -0.492 e. The van der Waals surface area contributed by atoms with Gasteiger partial charge in [-0.1, -0.05) is 60.4 Å². The van der Waals surface area contributed by atoms with E-state index >= 15 is 0 Å². The van der Waals surface area contributed by atoms with Crippen molar-refractivity contribution in [2.45, 2.75) is 37.8 Å². The van der Waals surface area contributed by atoms with Crippen LogP contribution >= 0.6 is 0 Å². The summed E-state index contributed by atoms with van der Waals surface area (Å²) in [5.41, 5.74) is 18.5. The van der Waals surface area contributed by atoms with E-state index in [1.807, 2.05) is 24.3 Å². The van der Waals surface area contributed by atoms with Crippen LogP contribution in [0.3, 0.4) is 0 Å². The summed E-state index contributed by atoms with van der Waals surface area (Å²) in [7, 11) is 3.51. The van der Waals surface area contributed by atoms with Gasteiger partial charge in [-0.25, -0.2) is 5.48 Å². The van der Waals surface area contributed by atoms with Crippen LogP contribution in [-0.2, 0) is 31.9 Å². The lowest BCUT2D eigenvalue weighted by atomic mass is 9.93. The molecule has 0 saturated heterocycles. The van der Waals surface area contributed by atoms with Crippen molar-refractivity contribution in [3.8, 4) is 33.8 Å². The van der Waals surface area contributed by atoms with Gasteiger partial charge in [-0.3, -0.25) is 29.2 Å². The summed E-state index contributed by atoms with van der Waals surface area (Å²) in [6.07, 6.45) is 0.894. The fourth-order valence-corrected chi connectivity index (χ4v) is 6.43. The topological polar surface area (TPSA) is 227 Å². The first-order chi connectivity index (χ1) is 27.5. The molecule has 0 spiro atoms. The highest BCUT2D eigenvalue weighted by molar-refractivity contribution is 6.08. The van der Waals surface area contributed by atoms with Crippen molar-refractivity contribution in [3.05, 3.63) is 107 Å². The van der Waals surface area contributed by atoms with Crippen LogP contribution in [0, 0.1) is 0 Å². The molecule has 4 bridgehead atoms. The number of nitrogens with two attached hydrogens (primary N) is 2. The summed E-state index contributed by atoms with van der Waals surface area (Å²) in [5.74, 6) is -2.61. The molecule has 0 aromatic heterocycles. The van der Waals surface area contributed by atoms with Crippen LogP contribution in [0.4, 0.5) is 0 Å². The Morgan fingerprint density at radius 3 is 2.04 bits per heavy atom. The van der Waals surface area contributed by atoms with Gasteiger partial charge in [-0.15, -0.1) is 0 Å². The Labute approximate surface area is 331 Å². The van der Waals surface area contributed by atoms with Gasteiger partial charge in [-0.2, -0.15) is 0 Å². The summed E-state index contributed by atoms with van der Waals surface area (Å²) in [6.45, 7) is 1.72. The molecule has 4 aromatic rings. The van der Waals surface area contributed by atoms with Gasteiger partial charge in [0.15, 0.2) is 0 Å². The molecule has 4 aromatic carbocycles. The molecule has 0 fully saturated rings. The minimum atomic E-state index is -1.32. The van der Waals surface area contributed by atoms with Crippen LogP contribution in [0.1, 0.15) is 40.0 Å². The van der Waals surface area contributed by atoms with Crippen molar-refractivity contribution in [3.63, 3.8) is 0 Å². The van der Waals surface area contributed by atoms with Gasteiger partial charge < -0.3 is 41.8 Å². The van der Waals surface area contributed by atoms with Gasteiger partial charge >= 0.3 is 0 Å². The van der Waals surface area contributed by atoms with E-state index in [-0.39, 0.29) is 32.7 Å². The van der Waals surface area contributed by atoms with Crippen LogP contribution < -0.4 is 42.4 Å². The summed E-state index contributed by atoms with van der Waals surface area (Å²) in [4.78, 5) is 68.5. The highest BCUT2D eigenvalue weighted by Gasteiger charge is 2.33. The fraction of sp³-hybridized carbons (Fsp3) is 0.293. The second-order valence-corrected chi connectivity index (χ2v) is 13.5. The second kappa shape index (κ2) is 19.6. The molecular formula is C41H48BN7O8. The van der Waals surface area contributed by atoms with Crippen LogP contribution in [0.2, 0.25) is 0 Å². The number of carbonyl (C=O) groups is 5. The number of ether oxygens (including phenoxy) is 2. The Hall–Kier alpha value is -6.23. The highest BCUT2D eigenvalue weighted by Crippen LogP contribution is 2.40. The van der Waals surface area contributed by atoms with Gasteiger partial charge in [-0.05, 0) is 65.6 Å². The molecule has 0 saturated carbocycles. The Morgan fingerprint density at radius 1 is 0.842 bits per heavy atom. The van der Waals surface area contributed by atoms with Crippen molar-refractivity contribution < 1.29 is 38.7 Å². The zero-order chi connectivity index (χ0) is 41.1. The first-order valence-corrected chi connectivity index (χ1v) is 18.7. The lowest BCUT2D eigenvalue weighted by Gasteiger charge is -2.30. The maximum absolute atomic E-state index is 14.2. The zero-order valence-corrected chi connectivity index (χ0v) is 32.2. The number of rotatable bonds is 13. The predicted molar refractivity (Wildman–Crippen MR) is 216 cm³/mol. The summed E-state index contributed by atoms with van der Waals surface area (Å²) >= 11 is 0. The van der Waals surface area contributed by atoms with Crippen LogP contribution in [0.25, 0.3) is 22.3 Å². The van der Waals surface area contributed by atoms with Gasteiger partial charge in [0.25, 0.3) is 11.8 Å². The molecule has 15 nitrogen and oxygen atoms in total. The largest absolute Gasteiger partial charge is 0.492 e. The molecule has 298 valence electrons. The van der Waals surface area contributed by atoms with Crippen LogP contribution in [0.5, 0.6) is 11.5 Å². The lowest BCUT2D eigenvalue weighted by molar-refractivity contribution is -0.140. The molecule has 0 aliphatic carbocycles. The smallest absolute Gasteiger partial charge is 0.266 e. The first kappa shape index (κ1) is 41.9. The number of likely N-dealkylation sites (N-methyl/N-ethyl adjacent to an activating group) is 1. The normalized spacial score (nSPS) is 16.6. The molecular weight excluding hydrogens is 729 g/mol. The quantitative estimate of drug-likeness (QED) is 0.0575. The molecule has 0 radical (unpaired) electrons. The number of nitrogens with one attached hydrogen (secondary N) is 4. The van der Waals surface area contributed by atoms with E-state index < -0.39 is 54.2 Å². The molecule has 3 atom stereocenters. The van der Waals surface area contributed by atoms with Gasteiger partial charge in [0.05, 0.1) is 6.54 Å². The average molecular weight is 778 g/mol. The number of benzene rings is 4. The standard InChI is InChI=1S/C41H48BN7O8/c1-24-38(51)47-33(40(53)48-55)20-26-5-13-34(56-17-15-43)31(19-26)32-21-30(12-14-35(32)57-18-16-44)37(41(54)46-24)49(2)36(50)23-45-39(52)29-10-8-28(9-11-29)27-6-3-25(22-42)4-7-27/h3-14,19,21,24,33,37,55H,15-18,20,22-23,42-44H2,1-2H3,(H,45,52)(H,46,54)(H,47,51)(H,48,53)/t24-,33?,37?/m0/s1. The Balaban J connectivity index is 1.49. The molecule has 1 heterocycles. The molecule has 1 aliphatic heterocycles. The molecule has 9 N–H and O–H groups in total. The van der Waals surface area contributed by atoms with E-state index in [4.69, 9.17) is 20.9 Å². The third-order valence-corrected chi connectivity index (χ3v) is 9.61. The number of amides is 5. The van der Waals surface area contributed by atoms with Gasteiger partial charge in [0.2, 0.25) is 17.7 Å². The third kappa shape index (κ3) is 10.3. The second-order valence-electron chi connectivity index (χ2n) is 13.5. The van der Waals surface area contributed by atoms with Crippen molar-refractivity contribution in [2.24, 2.45) is 11.5 Å².